The molecule has 4 nitrogen and oxygen atoms in total. The first-order valence-electron chi connectivity index (χ1n) is 9.40. The highest BCUT2D eigenvalue weighted by Crippen LogP contribution is 2.29. The number of ether oxygens (including phenoxy) is 3. The third kappa shape index (κ3) is 5.23. The SMILES string of the molecule is COc1cc(CCCN2CCOCC2)ccc1OCc1ccccc1C. The Labute approximate surface area is 156 Å². The molecule has 26 heavy (non-hydrogen) atoms. The van der Waals surface area contributed by atoms with E-state index in [0.717, 1.165) is 57.2 Å². The Balaban J connectivity index is 1.54. The summed E-state index contributed by atoms with van der Waals surface area (Å²) in [4.78, 5) is 2.47. The van der Waals surface area contributed by atoms with E-state index < -0.39 is 0 Å². The average Bonchev–Trinajstić information content (AvgIpc) is 2.68. The van der Waals surface area contributed by atoms with Gasteiger partial charge >= 0.3 is 0 Å². The van der Waals surface area contributed by atoms with Crippen molar-refractivity contribution in [2.24, 2.45) is 0 Å². The molecular weight excluding hydrogens is 326 g/mol. The molecule has 1 fully saturated rings. The number of hydrogen-bond acceptors (Lipinski definition) is 4. The molecule has 0 aliphatic carbocycles. The van der Waals surface area contributed by atoms with Crippen LogP contribution in [-0.2, 0) is 17.8 Å². The number of nitrogens with zero attached hydrogens (tertiary/aromatic N) is 1. The third-order valence-corrected chi connectivity index (χ3v) is 4.92. The molecule has 2 aromatic carbocycles. The van der Waals surface area contributed by atoms with Gasteiger partial charge in [-0.3, -0.25) is 4.90 Å². The number of hydrogen-bond donors (Lipinski definition) is 0. The Hall–Kier alpha value is -2.04. The molecule has 0 amide bonds. The first-order chi connectivity index (χ1) is 12.8. The van der Waals surface area contributed by atoms with Crippen LogP contribution in [0.25, 0.3) is 0 Å². The lowest BCUT2D eigenvalue weighted by molar-refractivity contribution is 0.0374. The highest BCUT2D eigenvalue weighted by atomic mass is 16.5. The molecule has 3 rings (SSSR count). The van der Waals surface area contributed by atoms with E-state index in [4.69, 9.17) is 14.2 Å². The summed E-state index contributed by atoms with van der Waals surface area (Å²) >= 11 is 0. The topological polar surface area (TPSA) is 30.9 Å². The minimum absolute atomic E-state index is 0.555. The molecule has 4 heteroatoms. The van der Waals surface area contributed by atoms with Crippen LogP contribution in [0.4, 0.5) is 0 Å². The molecule has 1 saturated heterocycles. The minimum atomic E-state index is 0.555. The largest absolute Gasteiger partial charge is 0.493 e. The quantitative estimate of drug-likeness (QED) is 0.720. The van der Waals surface area contributed by atoms with Crippen LogP contribution in [0, 0.1) is 6.92 Å². The molecule has 0 N–H and O–H groups in total. The zero-order valence-electron chi connectivity index (χ0n) is 15.9. The van der Waals surface area contributed by atoms with Crippen LogP contribution < -0.4 is 9.47 Å². The second kappa shape index (κ2) is 9.60. The van der Waals surface area contributed by atoms with Crippen molar-refractivity contribution >= 4 is 0 Å². The van der Waals surface area contributed by atoms with Crippen molar-refractivity contribution < 1.29 is 14.2 Å². The average molecular weight is 355 g/mol. The van der Waals surface area contributed by atoms with Crippen LogP contribution in [0.2, 0.25) is 0 Å². The molecule has 2 aromatic rings. The fourth-order valence-electron chi connectivity index (χ4n) is 3.25. The van der Waals surface area contributed by atoms with E-state index in [0.29, 0.717) is 6.61 Å². The van der Waals surface area contributed by atoms with Crippen LogP contribution in [-0.4, -0.2) is 44.9 Å². The van der Waals surface area contributed by atoms with Crippen molar-refractivity contribution in [2.75, 3.05) is 40.0 Å². The van der Waals surface area contributed by atoms with Gasteiger partial charge in [-0.1, -0.05) is 30.3 Å². The molecule has 0 aromatic heterocycles. The second-order valence-corrected chi connectivity index (χ2v) is 6.76. The monoisotopic (exact) mass is 355 g/mol. The smallest absolute Gasteiger partial charge is 0.161 e. The maximum Gasteiger partial charge on any atom is 0.161 e. The summed E-state index contributed by atoms with van der Waals surface area (Å²) in [6.45, 7) is 7.61. The maximum atomic E-state index is 6.00. The van der Waals surface area contributed by atoms with Gasteiger partial charge in [0.25, 0.3) is 0 Å². The van der Waals surface area contributed by atoms with Crippen molar-refractivity contribution in [2.45, 2.75) is 26.4 Å². The lowest BCUT2D eigenvalue weighted by atomic mass is 10.1. The molecule has 0 spiro atoms. The van der Waals surface area contributed by atoms with Crippen molar-refractivity contribution in [1.82, 2.24) is 4.90 Å². The Bertz CT molecular complexity index is 696. The summed E-state index contributed by atoms with van der Waals surface area (Å²) in [6.07, 6.45) is 2.19. The van der Waals surface area contributed by atoms with E-state index >= 15 is 0 Å². The number of aryl methyl sites for hydroxylation is 2. The fourth-order valence-corrected chi connectivity index (χ4v) is 3.25. The van der Waals surface area contributed by atoms with E-state index in [1.165, 1.54) is 16.7 Å². The standard InChI is InChI=1S/C22H29NO3/c1-18-6-3-4-8-20(18)17-26-21-10-9-19(16-22(21)24-2)7-5-11-23-12-14-25-15-13-23/h3-4,6,8-10,16H,5,7,11-15,17H2,1-2H3. The number of methoxy groups -OCH3 is 1. The zero-order chi connectivity index (χ0) is 18.2. The Kier molecular flexibility index (Phi) is 6.92. The van der Waals surface area contributed by atoms with E-state index in [-0.39, 0.29) is 0 Å². The number of benzene rings is 2. The first-order valence-corrected chi connectivity index (χ1v) is 9.40. The van der Waals surface area contributed by atoms with Crippen molar-refractivity contribution in [3.8, 4) is 11.5 Å². The van der Waals surface area contributed by atoms with E-state index in [2.05, 4.69) is 36.1 Å². The van der Waals surface area contributed by atoms with Crippen LogP contribution in [0.3, 0.4) is 0 Å². The summed E-state index contributed by atoms with van der Waals surface area (Å²) in [6, 6.07) is 14.6. The summed E-state index contributed by atoms with van der Waals surface area (Å²) in [5, 5.41) is 0. The van der Waals surface area contributed by atoms with Gasteiger partial charge in [-0.05, 0) is 55.1 Å². The van der Waals surface area contributed by atoms with Gasteiger partial charge in [-0.2, -0.15) is 0 Å². The van der Waals surface area contributed by atoms with Crippen molar-refractivity contribution in [1.29, 1.82) is 0 Å². The van der Waals surface area contributed by atoms with Crippen LogP contribution in [0.1, 0.15) is 23.1 Å². The van der Waals surface area contributed by atoms with E-state index in [1.807, 2.05) is 18.2 Å². The summed E-state index contributed by atoms with van der Waals surface area (Å²) in [5.74, 6) is 1.61. The highest BCUT2D eigenvalue weighted by Gasteiger charge is 2.11. The second-order valence-electron chi connectivity index (χ2n) is 6.76. The lowest BCUT2D eigenvalue weighted by Crippen LogP contribution is -2.36. The van der Waals surface area contributed by atoms with Crippen LogP contribution in [0.15, 0.2) is 42.5 Å². The summed E-state index contributed by atoms with van der Waals surface area (Å²) in [7, 11) is 1.70. The minimum Gasteiger partial charge on any atom is -0.493 e. The molecule has 1 heterocycles. The summed E-state index contributed by atoms with van der Waals surface area (Å²) in [5.41, 5.74) is 3.73. The van der Waals surface area contributed by atoms with Gasteiger partial charge in [-0.25, -0.2) is 0 Å². The van der Waals surface area contributed by atoms with Gasteiger partial charge in [0.05, 0.1) is 20.3 Å². The predicted octanol–water partition coefficient (Wildman–Crippen LogP) is 3.85. The van der Waals surface area contributed by atoms with Crippen LogP contribution in [0.5, 0.6) is 11.5 Å². The molecule has 0 bridgehead atoms. The number of morpholine rings is 1. The molecule has 140 valence electrons. The Morgan fingerprint density at radius 2 is 1.85 bits per heavy atom. The number of rotatable bonds is 8. The molecule has 1 aliphatic heterocycles. The third-order valence-electron chi connectivity index (χ3n) is 4.92. The predicted molar refractivity (Wildman–Crippen MR) is 104 cm³/mol. The molecular formula is C22H29NO3. The van der Waals surface area contributed by atoms with Gasteiger partial charge in [-0.15, -0.1) is 0 Å². The van der Waals surface area contributed by atoms with E-state index in [1.54, 1.807) is 7.11 Å². The Morgan fingerprint density at radius 1 is 1.04 bits per heavy atom. The molecule has 0 saturated carbocycles. The van der Waals surface area contributed by atoms with Gasteiger partial charge in [0.15, 0.2) is 11.5 Å². The normalized spacial score (nSPS) is 15.0. The van der Waals surface area contributed by atoms with Crippen molar-refractivity contribution in [3.63, 3.8) is 0 Å². The maximum absolute atomic E-state index is 6.00. The molecule has 1 aliphatic rings. The fraction of sp³-hybridized carbons (Fsp3) is 0.455. The lowest BCUT2D eigenvalue weighted by Gasteiger charge is -2.26. The molecule has 0 atom stereocenters. The molecule has 0 radical (unpaired) electrons. The highest BCUT2D eigenvalue weighted by molar-refractivity contribution is 5.43. The van der Waals surface area contributed by atoms with Gasteiger partial charge in [0, 0.05) is 13.1 Å². The van der Waals surface area contributed by atoms with Crippen molar-refractivity contribution in [3.05, 3.63) is 59.2 Å². The van der Waals surface area contributed by atoms with Gasteiger partial charge in [0.2, 0.25) is 0 Å². The van der Waals surface area contributed by atoms with E-state index in [9.17, 15) is 0 Å². The van der Waals surface area contributed by atoms with Gasteiger partial charge < -0.3 is 14.2 Å². The molecule has 0 unspecified atom stereocenters. The van der Waals surface area contributed by atoms with Gasteiger partial charge in [0.1, 0.15) is 6.61 Å². The summed E-state index contributed by atoms with van der Waals surface area (Å²) < 4.78 is 16.9. The Morgan fingerprint density at radius 3 is 2.62 bits per heavy atom. The first kappa shape index (κ1) is 18.7. The van der Waals surface area contributed by atoms with Crippen LogP contribution >= 0.6 is 0 Å². The zero-order valence-corrected chi connectivity index (χ0v) is 15.9.